The van der Waals surface area contributed by atoms with Crippen LogP contribution in [-0.4, -0.2) is 38.6 Å². The molecule has 1 aliphatic heterocycles. The van der Waals surface area contributed by atoms with E-state index >= 15 is 0 Å². The lowest BCUT2D eigenvalue weighted by Gasteiger charge is -2.23. The maximum absolute atomic E-state index is 12.4. The number of anilines is 1. The first-order valence-electron chi connectivity index (χ1n) is 6.82. The van der Waals surface area contributed by atoms with E-state index in [0.717, 1.165) is 5.56 Å². The first-order chi connectivity index (χ1) is 10.0. The molecule has 0 unspecified atom stereocenters. The van der Waals surface area contributed by atoms with E-state index in [2.05, 4.69) is 16.6 Å². The third-order valence-corrected chi connectivity index (χ3v) is 5.26. The molecule has 0 atom stereocenters. The molecule has 5 nitrogen and oxygen atoms in total. The van der Waals surface area contributed by atoms with Gasteiger partial charge in [0.2, 0.25) is 10.0 Å². The van der Waals surface area contributed by atoms with Gasteiger partial charge in [0, 0.05) is 18.8 Å². The van der Waals surface area contributed by atoms with Crippen LogP contribution in [0.5, 0.6) is 0 Å². The van der Waals surface area contributed by atoms with Crippen molar-refractivity contribution in [2.24, 2.45) is 0 Å². The Labute approximate surface area is 125 Å². The molecule has 1 fully saturated rings. The number of ether oxygens (including phenoxy) is 1. The maximum atomic E-state index is 12.4. The van der Waals surface area contributed by atoms with Crippen molar-refractivity contribution in [2.45, 2.75) is 25.0 Å². The summed E-state index contributed by atoms with van der Waals surface area (Å²) in [5, 5.41) is 8.29. The van der Waals surface area contributed by atoms with Gasteiger partial charge in [-0.15, -0.1) is 0 Å². The van der Waals surface area contributed by atoms with E-state index in [1.165, 1.54) is 0 Å². The van der Waals surface area contributed by atoms with E-state index in [0.29, 0.717) is 37.3 Å². The van der Waals surface area contributed by atoms with Crippen molar-refractivity contribution < 1.29 is 18.3 Å². The van der Waals surface area contributed by atoms with Gasteiger partial charge in [0.1, 0.15) is 6.61 Å². The van der Waals surface area contributed by atoms with Crippen LogP contribution in [-0.2, 0) is 14.8 Å². The van der Waals surface area contributed by atoms with E-state index in [1.54, 1.807) is 12.1 Å². The molecule has 1 aromatic carbocycles. The van der Waals surface area contributed by atoms with Gasteiger partial charge in [-0.3, -0.25) is 4.72 Å². The summed E-state index contributed by atoms with van der Waals surface area (Å²) in [6, 6.07) is 5.29. The van der Waals surface area contributed by atoms with Crippen LogP contribution in [0.1, 0.15) is 24.0 Å². The molecule has 0 saturated carbocycles. The van der Waals surface area contributed by atoms with Gasteiger partial charge in [-0.2, -0.15) is 0 Å². The molecular formula is C15H19NO4S. The second kappa shape index (κ2) is 6.94. The summed E-state index contributed by atoms with van der Waals surface area (Å²) < 4.78 is 32.6. The number of sulfonamides is 1. The van der Waals surface area contributed by atoms with Gasteiger partial charge in [0.05, 0.1) is 10.9 Å². The predicted molar refractivity (Wildman–Crippen MR) is 81.5 cm³/mol. The molecule has 1 saturated heterocycles. The van der Waals surface area contributed by atoms with Crippen molar-refractivity contribution in [1.82, 2.24) is 0 Å². The van der Waals surface area contributed by atoms with E-state index in [-0.39, 0.29) is 6.61 Å². The monoisotopic (exact) mass is 309 g/mol. The fourth-order valence-electron chi connectivity index (χ4n) is 2.17. The molecule has 0 aromatic heterocycles. The molecule has 0 spiro atoms. The lowest BCUT2D eigenvalue weighted by atomic mass is 10.1. The predicted octanol–water partition coefficient (Wildman–Crippen LogP) is 1.26. The Hall–Kier alpha value is -1.55. The van der Waals surface area contributed by atoms with Crippen molar-refractivity contribution in [3.63, 3.8) is 0 Å². The Kier molecular flexibility index (Phi) is 5.23. The molecule has 0 radical (unpaired) electrons. The minimum absolute atomic E-state index is 0.225. The van der Waals surface area contributed by atoms with Crippen LogP contribution in [0.4, 0.5) is 5.69 Å². The van der Waals surface area contributed by atoms with Crippen LogP contribution in [0.3, 0.4) is 0 Å². The van der Waals surface area contributed by atoms with Crippen molar-refractivity contribution in [3.05, 3.63) is 29.3 Å². The molecular weight excluding hydrogens is 290 g/mol. The third-order valence-electron chi connectivity index (χ3n) is 3.41. The topological polar surface area (TPSA) is 75.6 Å². The van der Waals surface area contributed by atoms with Crippen LogP contribution in [0.2, 0.25) is 0 Å². The SMILES string of the molecule is Cc1ccc(C#CCO)cc1NS(=O)(=O)C1CCOCC1. The summed E-state index contributed by atoms with van der Waals surface area (Å²) >= 11 is 0. The smallest absolute Gasteiger partial charge is 0.235 e. The highest BCUT2D eigenvalue weighted by Crippen LogP contribution is 2.22. The van der Waals surface area contributed by atoms with Crippen LogP contribution in [0, 0.1) is 18.8 Å². The number of hydrogen-bond acceptors (Lipinski definition) is 4. The van der Waals surface area contributed by atoms with E-state index in [1.807, 2.05) is 13.0 Å². The summed E-state index contributed by atoms with van der Waals surface area (Å²) in [6.07, 6.45) is 1.02. The molecule has 2 rings (SSSR count). The number of hydrogen-bond donors (Lipinski definition) is 2. The Morgan fingerprint density at radius 3 is 2.76 bits per heavy atom. The second-order valence-electron chi connectivity index (χ2n) is 4.95. The summed E-state index contributed by atoms with van der Waals surface area (Å²) in [5.74, 6) is 5.32. The molecule has 1 aromatic rings. The normalized spacial score (nSPS) is 16.1. The zero-order chi connectivity index (χ0) is 15.3. The number of rotatable bonds is 3. The second-order valence-corrected chi connectivity index (χ2v) is 6.91. The number of aliphatic hydroxyl groups is 1. The zero-order valence-corrected chi connectivity index (χ0v) is 12.7. The van der Waals surface area contributed by atoms with Gasteiger partial charge in [0.15, 0.2) is 0 Å². The van der Waals surface area contributed by atoms with Gasteiger partial charge in [-0.1, -0.05) is 17.9 Å². The summed E-state index contributed by atoms with van der Waals surface area (Å²) in [4.78, 5) is 0. The first kappa shape index (κ1) is 15.8. The van der Waals surface area contributed by atoms with Crippen LogP contribution >= 0.6 is 0 Å². The molecule has 2 N–H and O–H groups in total. The lowest BCUT2D eigenvalue weighted by Crippen LogP contribution is -2.33. The molecule has 1 heterocycles. The minimum Gasteiger partial charge on any atom is -0.384 e. The molecule has 0 amide bonds. The van der Waals surface area contributed by atoms with E-state index < -0.39 is 15.3 Å². The third kappa shape index (κ3) is 4.21. The fourth-order valence-corrected chi connectivity index (χ4v) is 3.68. The summed E-state index contributed by atoms with van der Waals surface area (Å²) in [5.41, 5.74) is 2.03. The maximum Gasteiger partial charge on any atom is 0.235 e. The van der Waals surface area contributed by atoms with Crippen LogP contribution < -0.4 is 4.72 Å². The van der Waals surface area contributed by atoms with Gasteiger partial charge in [-0.25, -0.2) is 8.42 Å². The zero-order valence-electron chi connectivity index (χ0n) is 11.9. The standard InChI is InChI=1S/C15H19NO4S/c1-12-4-5-13(3-2-8-17)11-15(12)16-21(18,19)14-6-9-20-10-7-14/h4-5,11,14,16-17H,6-10H2,1H3. The highest BCUT2D eigenvalue weighted by atomic mass is 32.2. The average molecular weight is 309 g/mol. The highest BCUT2D eigenvalue weighted by Gasteiger charge is 2.28. The van der Waals surface area contributed by atoms with Crippen molar-refractivity contribution in [1.29, 1.82) is 0 Å². The molecule has 0 bridgehead atoms. The van der Waals surface area contributed by atoms with Crippen LogP contribution in [0.15, 0.2) is 18.2 Å². The van der Waals surface area contributed by atoms with Gasteiger partial charge >= 0.3 is 0 Å². The number of aliphatic hydroxyl groups excluding tert-OH is 1. The first-order valence-corrected chi connectivity index (χ1v) is 8.37. The van der Waals surface area contributed by atoms with Crippen LogP contribution in [0.25, 0.3) is 0 Å². The molecule has 6 heteroatoms. The molecule has 114 valence electrons. The number of benzene rings is 1. The van der Waals surface area contributed by atoms with Crippen molar-refractivity contribution >= 4 is 15.7 Å². The van der Waals surface area contributed by atoms with Crippen molar-refractivity contribution in [2.75, 3.05) is 24.5 Å². The largest absolute Gasteiger partial charge is 0.384 e. The summed E-state index contributed by atoms with van der Waals surface area (Å²) in [7, 11) is -3.42. The van der Waals surface area contributed by atoms with E-state index in [4.69, 9.17) is 9.84 Å². The lowest BCUT2D eigenvalue weighted by molar-refractivity contribution is 0.0984. The molecule has 0 aliphatic carbocycles. The molecule has 1 aliphatic rings. The Morgan fingerprint density at radius 1 is 1.38 bits per heavy atom. The minimum atomic E-state index is -3.42. The number of nitrogens with one attached hydrogen (secondary N) is 1. The Morgan fingerprint density at radius 2 is 2.10 bits per heavy atom. The average Bonchev–Trinajstić information content (AvgIpc) is 2.49. The number of aryl methyl sites for hydroxylation is 1. The summed E-state index contributed by atoms with van der Waals surface area (Å²) in [6.45, 7) is 2.57. The van der Waals surface area contributed by atoms with Gasteiger partial charge < -0.3 is 9.84 Å². The van der Waals surface area contributed by atoms with Gasteiger partial charge in [0.25, 0.3) is 0 Å². The fraction of sp³-hybridized carbons (Fsp3) is 0.467. The quantitative estimate of drug-likeness (QED) is 0.824. The van der Waals surface area contributed by atoms with Gasteiger partial charge in [-0.05, 0) is 37.5 Å². The van der Waals surface area contributed by atoms with E-state index in [9.17, 15) is 8.42 Å². The highest BCUT2D eigenvalue weighted by molar-refractivity contribution is 7.93. The Bertz CT molecular complexity index is 652. The Balaban J connectivity index is 2.21. The van der Waals surface area contributed by atoms with Crippen molar-refractivity contribution in [3.8, 4) is 11.8 Å². The molecule has 21 heavy (non-hydrogen) atoms.